The van der Waals surface area contributed by atoms with Crippen molar-refractivity contribution >= 4 is 35.4 Å². The van der Waals surface area contributed by atoms with E-state index in [9.17, 15) is 28.8 Å². The van der Waals surface area contributed by atoms with Crippen molar-refractivity contribution in [2.24, 2.45) is 0 Å². The molecule has 6 amide bonds. The predicted octanol–water partition coefficient (Wildman–Crippen LogP) is 2.27. The molecule has 5 aliphatic rings. The number of benzene rings is 4. The van der Waals surface area contributed by atoms with Crippen LogP contribution in [-0.4, -0.2) is 88.4 Å². The highest BCUT2D eigenvalue weighted by molar-refractivity contribution is 6.06. The van der Waals surface area contributed by atoms with E-state index in [1.807, 2.05) is 12.1 Å². The van der Waals surface area contributed by atoms with Crippen LogP contribution in [0.25, 0.3) is 0 Å². The summed E-state index contributed by atoms with van der Waals surface area (Å²) < 4.78 is 12.4. The Labute approximate surface area is 347 Å². The number of carbonyl (C=O) groups is 6. The van der Waals surface area contributed by atoms with Crippen LogP contribution in [-0.2, 0) is 58.6 Å². The van der Waals surface area contributed by atoms with Gasteiger partial charge in [-0.15, -0.1) is 0 Å². The number of hydrogen-bond acceptors (Lipinski definition) is 9. The van der Waals surface area contributed by atoms with Crippen molar-refractivity contribution in [2.75, 3.05) is 26.2 Å². The van der Waals surface area contributed by atoms with Gasteiger partial charge in [0, 0.05) is 60.3 Å². The fourth-order valence-electron chi connectivity index (χ4n) is 8.95. The van der Waals surface area contributed by atoms with Gasteiger partial charge < -0.3 is 24.2 Å². The largest absolute Gasteiger partial charge is 0.489 e. The Balaban J connectivity index is 0.713. The van der Waals surface area contributed by atoms with E-state index in [2.05, 4.69) is 64.1 Å². The lowest BCUT2D eigenvalue weighted by atomic mass is 10.0. The number of nitrogens with one attached hydrogen (secondary N) is 3. The van der Waals surface area contributed by atoms with E-state index in [1.165, 1.54) is 20.9 Å². The number of piperazine rings is 1. The highest BCUT2D eigenvalue weighted by Crippen LogP contribution is 2.35. The fourth-order valence-corrected chi connectivity index (χ4v) is 8.95. The van der Waals surface area contributed by atoms with E-state index in [4.69, 9.17) is 9.47 Å². The van der Waals surface area contributed by atoms with Gasteiger partial charge in [-0.3, -0.25) is 44.3 Å². The molecule has 9 rings (SSSR count). The summed E-state index contributed by atoms with van der Waals surface area (Å²) in [5.74, 6) is -0.652. The third-order valence-corrected chi connectivity index (χ3v) is 12.3. The van der Waals surface area contributed by atoms with E-state index in [0.717, 1.165) is 61.5 Å². The molecule has 5 heterocycles. The van der Waals surface area contributed by atoms with Crippen LogP contribution >= 0.6 is 0 Å². The summed E-state index contributed by atoms with van der Waals surface area (Å²) in [5.41, 5.74) is 7.16. The van der Waals surface area contributed by atoms with Crippen LogP contribution in [0.2, 0.25) is 0 Å². The van der Waals surface area contributed by atoms with E-state index in [0.29, 0.717) is 48.7 Å². The summed E-state index contributed by atoms with van der Waals surface area (Å²) in [6.07, 6.45) is 1.07. The van der Waals surface area contributed by atoms with E-state index in [-0.39, 0.29) is 49.6 Å². The Morgan fingerprint density at radius 2 is 1.02 bits per heavy atom. The lowest BCUT2D eigenvalue weighted by Gasteiger charge is -2.32. The smallest absolute Gasteiger partial charge is 0.255 e. The molecule has 14 heteroatoms. The molecule has 4 aromatic carbocycles. The molecule has 3 fully saturated rings. The topological polar surface area (TPSA) is 159 Å². The number of rotatable bonds is 12. The molecule has 2 unspecified atom stereocenters. The minimum atomic E-state index is -0.664. The predicted molar refractivity (Wildman–Crippen MR) is 216 cm³/mol. The summed E-state index contributed by atoms with van der Waals surface area (Å²) in [6.45, 7) is 7.18. The van der Waals surface area contributed by atoms with Gasteiger partial charge >= 0.3 is 0 Å². The highest BCUT2D eigenvalue weighted by atomic mass is 16.5. The van der Waals surface area contributed by atoms with Crippen molar-refractivity contribution in [3.63, 3.8) is 0 Å². The molecule has 3 N–H and O–H groups in total. The number of amides is 6. The average molecular weight is 812 g/mol. The van der Waals surface area contributed by atoms with Crippen molar-refractivity contribution < 1.29 is 43.1 Å². The minimum absolute atomic E-state index is 0.214. The molecule has 14 nitrogen and oxygen atoms in total. The van der Waals surface area contributed by atoms with Crippen molar-refractivity contribution in [2.45, 2.75) is 77.2 Å². The molecule has 308 valence electrons. The SMILES string of the molecule is O=C1CCC(N2Cc3c(OCc4ccc(CN5CC[NH+](Cc6ccc(COc7cccc8c7CN(C7CCC(=O)NC7=O)C8=O)cc6)CC5)cc4)cccc3C2=O)C(=O)N1. The maximum absolute atomic E-state index is 13.2. The van der Waals surface area contributed by atoms with Gasteiger partial charge in [0.15, 0.2) is 0 Å². The number of fused-ring (bicyclic) bond motifs is 2. The fraction of sp³-hybridized carbons (Fsp3) is 0.348. The molecule has 0 saturated carbocycles. The van der Waals surface area contributed by atoms with Gasteiger partial charge in [0.05, 0.1) is 26.2 Å². The standard InChI is InChI=1S/C46H46N6O8/c53-41-17-15-37(43(55)47-41)51-25-35-33(45(51)57)3-1-5-39(35)59-27-31-11-7-29(8-12-31)23-49-19-21-50(22-20-49)24-30-9-13-32(14-10-30)28-60-40-6-2-4-34-36(40)26-52(46(34)58)38-16-18-42(54)48-44(38)56/h1-14,37-38H,15-28H2,(H,47,53,55)(H,48,54,56)/p+1. The van der Waals surface area contributed by atoms with E-state index < -0.39 is 23.9 Å². The molecule has 2 atom stereocenters. The Kier molecular flexibility index (Phi) is 10.9. The first kappa shape index (κ1) is 39.1. The second-order valence-electron chi connectivity index (χ2n) is 16.3. The number of hydrogen-bond donors (Lipinski definition) is 3. The lowest BCUT2D eigenvalue weighted by molar-refractivity contribution is -0.918. The van der Waals surface area contributed by atoms with Gasteiger partial charge in [-0.25, -0.2) is 0 Å². The Morgan fingerprint density at radius 1 is 0.567 bits per heavy atom. The van der Waals surface area contributed by atoms with E-state index >= 15 is 0 Å². The molecule has 0 aromatic heterocycles. The van der Waals surface area contributed by atoms with Gasteiger partial charge in [0.1, 0.15) is 43.3 Å². The maximum atomic E-state index is 13.2. The molecule has 0 aliphatic carbocycles. The normalized spacial score (nSPS) is 20.9. The van der Waals surface area contributed by atoms with Crippen LogP contribution in [0.5, 0.6) is 11.5 Å². The summed E-state index contributed by atoms with van der Waals surface area (Å²) in [5, 5.41) is 4.70. The third-order valence-electron chi connectivity index (χ3n) is 12.3. The summed E-state index contributed by atoms with van der Waals surface area (Å²) >= 11 is 0. The van der Waals surface area contributed by atoms with Crippen LogP contribution in [0.1, 0.15) is 79.8 Å². The molecular weight excluding hydrogens is 765 g/mol. The molecule has 5 aliphatic heterocycles. The molecule has 3 saturated heterocycles. The van der Waals surface area contributed by atoms with Gasteiger partial charge in [0.2, 0.25) is 23.6 Å². The first-order valence-electron chi connectivity index (χ1n) is 20.7. The van der Waals surface area contributed by atoms with Gasteiger partial charge in [0.25, 0.3) is 11.8 Å². The monoisotopic (exact) mass is 811 g/mol. The van der Waals surface area contributed by atoms with Gasteiger partial charge in [-0.1, -0.05) is 60.7 Å². The average Bonchev–Trinajstić information content (AvgIpc) is 3.77. The van der Waals surface area contributed by atoms with Crippen molar-refractivity contribution in [1.82, 2.24) is 25.3 Å². The van der Waals surface area contributed by atoms with Crippen molar-refractivity contribution in [3.8, 4) is 11.5 Å². The zero-order valence-corrected chi connectivity index (χ0v) is 33.2. The van der Waals surface area contributed by atoms with Crippen LogP contribution in [0.3, 0.4) is 0 Å². The number of quaternary nitrogens is 1. The van der Waals surface area contributed by atoms with Crippen LogP contribution in [0.4, 0.5) is 0 Å². The van der Waals surface area contributed by atoms with Gasteiger partial charge in [-0.2, -0.15) is 0 Å². The Morgan fingerprint density at radius 3 is 1.48 bits per heavy atom. The zero-order valence-electron chi connectivity index (χ0n) is 33.2. The molecule has 0 bridgehead atoms. The summed E-state index contributed by atoms with van der Waals surface area (Å²) in [4.78, 5) is 81.7. The first-order valence-corrected chi connectivity index (χ1v) is 20.7. The van der Waals surface area contributed by atoms with Crippen molar-refractivity contribution in [1.29, 1.82) is 0 Å². The lowest BCUT2D eigenvalue weighted by Crippen LogP contribution is -3.13. The second-order valence-corrected chi connectivity index (χ2v) is 16.3. The van der Waals surface area contributed by atoms with Crippen LogP contribution in [0, 0.1) is 0 Å². The highest BCUT2D eigenvalue weighted by Gasteiger charge is 2.41. The molecule has 0 spiro atoms. The number of carbonyl (C=O) groups excluding carboxylic acids is 6. The minimum Gasteiger partial charge on any atom is -0.489 e. The van der Waals surface area contributed by atoms with Gasteiger partial charge in [-0.05, 0) is 53.8 Å². The zero-order chi connectivity index (χ0) is 41.3. The second kappa shape index (κ2) is 16.7. The number of piperidine rings is 2. The maximum Gasteiger partial charge on any atom is 0.255 e. The third kappa shape index (κ3) is 8.12. The Bertz CT molecular complexity index is 2190. The number of nitrogens with zero attached hydrogens (tertiary/aromatic N) is 3. The molecule has 0 radical (unpaired) electrons. The van der Waals surface area contributed by atoms with Crippen LogP contribution in [0.15, 0.2) is 84.9 Å². The molecule has 60 heavy (non-hydrogen) atoms. The number of imide groups is 2. The van der Waals surface area contributed by atoms with Crippen LogP contribution < -0.4 is 25.0 Å². The quantitative estimate of drug-likeness (QED) is 0.183. The summed E-state index contributed by atoms with van der Waals surface area (Å²) in [7, 11) is 0. The first-order chi connectivity index (χ1) is 29.2. The van der Waals surface area contributed by atoms with E-state index in [1.54, 1.807) is 29.2 Å². The Hall–Kier alpha value is -6.38. The summed E-state index contributed by atoms with van der Waals surface area (Å²) in [6, 6.07) is 26.5. The number of ether oxygens (including phenoxy) is 2. The molecular formula is C46H47N6O8+. The molecule has 4 aromatic rings. The van der Waals surface area contributed by atoms with Crippen molar-refractivity contribution in [3.05, 3.63) is 129 Å².